The summed E-state index contributed by atoms with van der Waals surface area (Å²) in [6, 6.07) is 11.8. The molecule has 6 rings (SSSR count). The van der Waals surface area contributed by atoms with Crippen LogP contribution in [0.25, 0.3) is 10.9 Å². The first kappa shape index (κ1) is 24.4. The molecule has 2 saturated heterocycles. The maximum absolute atomic E-state index is 13.7. The Hall–Kier alpha value is -2.92. The maximum atomic E-state index is 13.7. The Bertz CT molecular complexity index is 1390. The molecule has 3 atom stereocenters. The van der Waals surface area contributed by atoms with Crippen molar-refractivity contribution in [2.24, 2.45) is 0 Å². The van der Waals surface area contributed by atoms with E-state index in [0.29, 0.717) is 31.0 Å². The van der Waals surface area contributed by atoms with E-state index in [-0.39, 0.29) is 17.8 Å². The summed E-state index contributed by atoms with van der Waals surface area (Å²) in [5.74, 6) is 0.655. The van der Waals surface area contributed by atoms with Gasteiger partial charge >= 0.3 is 0 Å². The van der Waals surface area contributed by atoms with Crippen LogP contribution in [-0.2, 0) is 22.6 Å². The van der Waals surface area contributed by atoms with Gasteiger partial charge in [-0.15, -0.1) is 16.4 Å². The molecule has 3 aromatic heterocycles. The fraction of sp³-hybridized carbons (Fsp3) is 0.481. The number of aromatic amines is 1. The van der Waals surface area contributed by atoms with Crippen LogP contribution in [0.15, 0.2) is 46.6 Å². The number of nitrogens with zero attached hydrogens (tertiary/aromatic N) is 5. The van der Waals surface area contributed by atoms with Crippen molar-refractivity contribution in [2.45, 2.75) is 63.9 Å². The van der Waals surface area contributed by atoms with Crippen molar-refractivity contribution >= 4 is 22.2 Å². The largest absolute Gasteiger partial charge is 0.377 e. The Morgan fingerprint density at radius 2 is 2.00 bits per heavy atom. The number of para-hydroxylation sites is 1. The van der Waals surface area contributed by atoms with Crippen molar-refractivity contribution in [3.8, 4) is 0 Å². The molecule has 0 bridgehead atoms. The molecule has 0 radical (unpaired) electrons. The van der Waals surface area contributed by atoms with Crippen LogP contribution < -0.4 is 5.56 Å². The summed E-state index contributed by atoms with van der Waals surface area (Å²) in [5, 5.41) is 16.0. The summed E-state index contributed by atoms with van der Waals surface area (Å²) in [7, 11) is 0. The van der Waals surface area contributed by atoms with Gasteiger partial charge in [0.25, 0.3) is 5.56 Å². The van der Waals surface area contributed by atoms with Gasteiger partial charge in [0.05, 0.1) is 24.3 Å². The van der Waals surface area contributed by atoms with E-state index in [9.17, 15) is 4.79 Å². The van der Waals surface area contributed by atoms with Crippen molar-refractivity contribution in [1.82, 2.24) is 30.1 Å². The molecule has 2 fully saturated rings. The molecule has 0 aliphatic carbocycles. The van der Waals surface area contributed by atoms with Gasteiger partial charge in [-0.25, -0.2) is 4.68 Å². The lowest BCUT2D eigenvalue weighted by atomic mass is 10.0. The van der Waals surface area contributed by atoms with E-state index < -0.39 is 6.04 Å². The van der Waals surface area contributed by atoms with Gasteiger partial charge in [0.2, 0.25) is 0 Å². The lowest BCUT2D eigenvalue weighted by Gasteiger charge is -2.32. The first-order chi connectivity index (χ1) is 18.2. The van der Waals surface area contributed by atoms with Crippen LogP contribution in [0.1, 0.15) is 53.6 Å². The van der Waals surface area contributed by atoms with Crippen LogP contribution in [0.5, 0.6) is 0 Å². The fourth-order valence-corrected chi connectivity index (χ4v) is 6.26. The zero-order valence-electron chi connectivity index (χ0n) is 21.0. The highest BCUT2D eigenvalue weighted by molar-refractivity contribution is 7.09. The van der Waals surface area contributed by atoms with Gasteiger partial charge in [-0.05, 0) is 71.5 Å². The van der Waals surface area contributed by atoms with Gasteiger partial charge < -0.3 is 14.5 Å². The highest BCUT2D eigenvalue weighted by Gasteiger charge is 2.34. The van der Waals surface area contributed by atoms with Crippen molar-refractivity contribution in [2.75, 3.05) is 19.8 Å². The van der Waals surface area contributed by atoms with Crippen molar-refractivity contribution < 1.29 is 9.47 Å². The molecular formula is C27H32N6O3S. The lowest BCUT2D eigenvalue weighted by Crippen LogP contribution is -2.39. The normalized spacial score (nSPS) is 20.8. The topological polar surface area (TPSA) is 98.2 Å². The number of nitrogens with one attached hydrogen (secondary N) is 1. The number of pyridine rings is 1. The molecular weight excluding hydrogens is 488 g/mol. The van der Waals surface area contributed by atoms with Crippen molar-refractivity contribution in [3.63, 3.8) is 0 Å². The van der Waals surface area contributed by atoms with E-state index >= 15 is 0 Å². The molecule has 9 nitrogen and oxygen atoms in total. The second-order valence-corrected chi connectivity index (χ2v) is 11.0. The molecule has 0 amide bonds. The minimum absolute atomic E-state index is 0.0735. The number of aromatic nitrogens is 5. The van der Waals surface area contributed by atoms with Crippen molar-refractivity contribution in [3.05, 3.63) is 74.0 Å². The van der Waals surface area contributed by atoms with Gasteiger partial charge in [0.15, 0.2) is 5.82 Å². The zero-order chi connectivity index (χ0) is 25.2. The van der Waals surface area contributed by atoms with E-state index in [4.69, 9.17) is 9.47 Å². The maximum Gasteiger partial charge on any atom is 0.253 e. The van der Waals surface area contributed by atoms with Gasteiger partial charge in [-0.1, -0.05) is 24.3 Å². The molecule has 0 spiro atoms. The van der Waals surface area contributed by atoms with Crippen LogP contribution in [-0.4, -0.2) is 62.1 Å². The van der Waals surface area contributed by atoms with Crippen LogP contribution in [0.4, 0.5) is 0 Å². The Morgan fingerprint density at radius 3 is 2.76 bits per heavy atom. The SMILES string of the molecule is Cc1cccc2cc([C@H](c3nnnn3C[C@@H]3CCCO3)N(Cc3cccs3)C[C@H]3CCCO3)c(=O)[nH]c12. The lowest BCUT2D eigenvalue weighted by molar-refractivity contribution is 0.0559. The van der Waals surface area contributed by atoms with E-state index in [1.54, 1.807) is 11.3 Å². The standard InChI is InChI=1S/C27H32N6O3S/c1-18-6-2-7-19-14-23(27(34)28-24(18)19)25(26-29-30-31-33(26)16-21-9-4-12-36-21)32(15-20-8-3-11-35-20)17-22-10-5-13-37-22/h2,5-7,10,13-14,20-21,25H,3-4,8-9,11-12,15-17H2,1H3,(H,28,34)/t20-,21+,25-/m1/s1. The van der Waals surface area contributed by atoms with Crippen LogP contribution in [0.3, 0.4) is 0 Å². The van der Waals surface area contributed by atoms with Gasteiger partial charge in [-0.2, -0.15) is 0 Å². The molecule has 2 aliphatic heterocycles. The summed E-state index contributed by atoms with van der Waals surface area (Å²) < 4.78 is 13.8. The number of H-pyrrole nitrogens is 1. The first-order valence-electron chi connectivity index (χ1n) is 13.0. The van der Waals surface area contributed by atoms with Gasteiger partial charge in [0, 0.05) is 36.7 Å². The number of tetrazole rings is 1. The third kappa shape index (κ3) is 5.24. The monoisotopic (exact) mass is 520 g/mol. The Kier molecular flexibility index (Phi) is 7.14. The number of aryl methyl sites for hydroxylation is 1. The fourth-order valence-electron chi connectivity index (χ4n) is 5.53. The zero-order valence-corrected chi connectivity index (χ0v) is 21.8. The first-order valence-corrected chi connectivity index (χ1v) is 13.9. The number of hydrogen-bond acceptors (Lipinski definition) is 8. The summed E-state index contributed by atoms with van der Waals surface area (Å²) >= 11 is 1.71. The minimum Gasteiger partial charge on any atom is -0.377 e. The number of fused-ring (bicyclic) bond motifs is 1. The Labute approximate surface area is 219 Å². The van der Waals surface area contributed by atoms with E-state index in [1.165, 1.54) is 4.88 Å². The summed E-state index contributed by atoms with van der Waals surface area (Å²) in [6.45, 7) is 5.46. The van der Waals surface area contributed by atoms with E-state index in [0.717, 1.165) is 55.4 Å². The predicted octanol–water partition coefficient (Wildman–Crippen LogP) is 3.83. The smallest absolute Gasteiger partial charge is 0.253 e. The highest BCUT2D eigenvalue weighted by Crippen LogP contribution is 2.31. The molecule has 0 unspecified atom stereocenters. The molecule has 194 valence electrons. The summed E-state index contributed by atoms with van der Waals surface area (Å²) in [4.78, 5) is 20.4. The molecule has 4 aromatic rings. The van der Waals surface area contributed by atoms with Crippen LogP contribution in [0, 0.1) is 6.92 Å². The Balaban J connectivity index is 1.47. The minimum atomic E-state index is -0.448. The number of rotatable bonds is 9. The average molecular weight is 521 g/mol. The molecule has 10 heteroatoms. The molecule has 2 aliphatic rings. The third-order valence-electron chi connectivity index (χ3n) is 7.38. The van der Waals surface area contributed by atoms with E-state index in [2.05, 4.69) is 42.9 Å². The number of ether oxygens (including phenoxy) is 2. The van der Waals surface area contributed by atoms with Crippen LogP contribution >= 0.6 is 11.3 Å². The van der Waals surface area contributed by atoms with Gasteiger partial charge in [-0.3, -0.25) is 9.69 Å². The second kappa shape index (κ2) is 10.8. The van der Waals surface area contributed by atoms with Crippen LogP contribution in [0.2, 0.25) is 0 Å². The van der Waals surface area contributed by atoms with Gasteiger partial charge in [0.1, 0.15) is 6.04 Å². The molecule has 1 N–H and O–H groups in total. The molecule has 37 heavy (non-hydrogen) atoms. The van der Waals surface area contributed by atoms with Crippen molar-refractivity contribution in [1.29, 1.82) is 0 Å². The van der Waals surface area contributed by atoms with E-state index in [1.807, 2.05) is 35.9 Å². The highest BCUT2D eigenvalue weighted by atomic mass is 32.1. The predicted molar refractivity (Wildman–Crippen MR) is 142 cm³/mol. The second-order valence-electron chi connectivity index (χ2n) is 9.99. The average Bonchev–Trinajstić information content (AvgIpc) is 3.71. The summed E-state index contributed by atoms with van der Waals surface area (Å²) in [6.07, 6.45) is 4.25. The number of benzene rings is 1. The Morgan fingerprint density at radius 1 is 1.16 bits per heavy atom. The molecule has 1 aromatic carbocycles. The number of thiophene rings is 1. The molecule has 5 heterocycles. The number of hydrogen-bond donors (Lipinski definition) is 1. The quantitative estimate of drug-likeness (QED) is 0.358. The summed E-state index contributed by atoms with van der Waals surface area (Å²) in [5.41, 5.74) is 2.41. The molecule has 0 saturated carbocycles. The third-order valence-corrected chi connectivity index (χ3v) is 8.24.